The molecule has 2 amide bonds. The molecule has 3 aromatic rings. The lowest BCUT2D eigenvalue weighted by Crippen LogP contribution is -2.36. The number of ether oxygens (including phenoxy) is 3. The first kappa shape index (κ1) is 28.6. The molecule has 3 N–H and O–H groups in total. The summed E-state index contributed by atoms with van der Waals surface area (Å²) in [4.78, 5) is 67.0. The van der Waals surface area contributed by atoms with E-state index in [0.717, 1.165) is 17.3 Å². The molecule has 0 aliphatic heterocycles. The average molecular weight is 537 g/mol. The van der Waals surface area contributed by atoms with E-state index in [1.807, 2.05) is 60.7 Å². The fraction of sp³-hybridized carbons (Fsp3) is 0.259. The van der Waals surface area contributed by atoms with E-state index in [0.29, 0.717) is 0 Å². The number of amides is 2. The van der Waals surface area contributed by atoms with Crippen LogP contribution in [0.15, 0.2) is 71.7 Å². The molecule has 2 aromatic carbocycles. The van der Waals surface area contributed by atoms with Crippen LogP contribution in [0.3, 0.4) is 0 Å². The first-order chi connectivity index (χ1) is 18.7. The number of aromatic nitrogens is 2. The summed E-state index contributed by atoms with van der Waals surface area (Å²) < 4.78 is 14.3. The van der Waals surface area contributed by atoms with Gasteiger partial charge in [-0.05, 0) is 25.0 Å². The molecule has 0 fully saturated rings. The molecular weight excluding hydrogens is 508 g/mol. The van der Waals surface area contributed by atoms with E-state index in [9.17, 15) is 24.0 Å². The van der Waals surface area contributed by atoms with Gasteiger partial charge in [0.1, 0.15) is 25.3 Å². The van der Waals surface area contributed by atoms with E-state index in [2.05, 4.69) is 20.6 Å². The number of carbonyl (C=O) groups excluding carboxylic acids is 4. The molecule has 0 aliphatic rings. The van der Waals surface area contributed by atoms with Gasteiger partial charge >= 0.3 is 12.1 Å². The van der Waals surface area contributed by atoms with Crippen molar-refractivity contribution in [3.05, 3.63) is 99.7 Å². The number of hydrogen-bond donors (Lipinski definition) is 3. The standard InChI is InChI=1S/C27H28N4O8/c1-17(2)39-27(36)38-14-13-37-21(32)16-29-26(35)23-28-15-20(25(34)31-23)24(33)30-22(18-9-5-3-6-10-18)19-11-7-4-8-12-19/h3-12,15,17,22H,13-14,16H2,1-2H3,(H,29,35)(H,30,33)(H,28,31,34). The van der Waals surface area contributed by atoms with Crippen LogP contribution in [0.25, 0.3) is 0 Å². The van der Waals surface area contributed by atoms with Crippen LogP contribution in [0.5, 0.6) is 0 Å². The summed E-state index contributed by atoms with van der Waals surface area (Å²) in [5.41, 5.74) is 0.497. The van der Waals surface area contributed by atoms with Gasteiger partial charge in [0.2, 0.25) is 0 Å². The van der Waals surface area contributed by atoms with Crippen molar-refractivity contribution in [3.63, 3.8) is 0 Å². The maximum Gasteiger partial charge on any atom is 0.508 e. The summed E-state index contributed by atoms with van der Waals surface area (Å²) >= 11 is 0. The molecule has 0 saturated heterocycles. The summed E-state index contributed by atoms with van der Waals surface area (Å²) in [5, 5.41) is 5.08. The molecule has 0 unspecified atom stereocenters. The Morgan fingerprint density at radius 2 is 1.46 bits per heavy atom. The Kier molecular flexibility index (Phi) is 10.3. The van der Waals surface area contributed by atoms with Gasteiger partial charge in [0, 0.05) is 6.20 Å². The van der Waals surface area contributed by atoms with Gasteiger partial charge in [-0.3, -0.25) is 19.2 Å². The molecule has 0 saturated carbocycles. The molecular formula is C27H28N4O8. The zero-order chi connectivity index (χ0) is 28.2. The predicted octanol–water partition coefficient (Wildman–Crippen LogP) is 2.12. The number of H-pyrrole nitrogens is 1. The zero-order valence-electron chi connectivity index (χ0n) is 21.3. The molecule has 1 aromatic heterocycles. The lowest BCUT2D eigenvalue weighted by atomic mass is 9.98. The molecule has 0 radical (unpaired) electrons. The third kappa shape index (κ3) is 8.81. The van der Waals surface area contributed by atoms with Crippen molar-refractivity contribution in [2.45, 2.75) is 26.0 Å². The molecule has 0 bridgehead atoms. The van der Waals surface area contributed by atoms with E-state index in [1.54, 1.807) is 13.8 Å². The second kappa shape index (κ2) is 14.1. The maximum absolute atomic E-state index is 13.0. The highest BCUT2D eigenvalue weighted by Crippen LogP contribution is 2.22. The second-order valence-corrected chi connectivity index (χ2v) is 8.37. The maximum atomic E-state index is 13.0. The normalized spacial score (nSPS) is 10.6. The van der Waals surface area contributed by atoms with Crippen LogP contribution in [0, 0.1) is 0 Å². The number of nitrogens with zero attached hydrogens (tertiary/aromatic N) is 1. The Bertz CT molecular complexity index is 1300. The molecule has 39 heavy (non-hydrogen) atoms. The van der Waals surface area contributed by atoms with Gasteiger partial charge in [0.05, 0.1) is 12.1 Å². The van der Waals surface area contributed by atoms with E-state index in [4.69, 9.17) is 14.2 Å². The van der Waals surface area contributed by atoms with Crippen molar-refractivity contribution < 1.29 is 33.4 Å². The van der Waals surface area contributed by atoms with E-state index >= 15 is 0 Å². The van der Waals surface area contributed by atoms with Gasteiger partial charge in [-0.25, -0.2) is 9.78 Å². The van der Waals surface area contributed by atoms with Crippen molar-refractivity contribution in [1.82, 2.24) is 20.6 Å². The molecule has 0 aliphatic carbocycles. The summed E-state index contributed by atoms with van der Waals surface area (Å²) in [6.07, 6.45) is -0.251. The number of aromatic amines is 1. The highest BCUT2D eigenvalue weighted by atomic mass is 16.7. The predicted molar refractivity (Wildman–Crippen MR) is 138 cm³/mol. The largest absolute Gasteiger partial charge is 0.508 e. The van der Waals surface area contributed by atoms with Gasteiger partial charge in [-0.15, -0.1) is 0 Å². The first-order valence-electron chi connectivity index (χ1n) is 12.0. The summed E-state index contributed by atoms with van der Waals surface area (Å²) in [5.74, 6) is -2.75. The minimum atomic E-state index is -0.892. The summed E-state index contributed by atoms with van der Waals surface area (Å²) in [6, 6.07) is 18.0. The number of esters is 1. The number of nitrogens with one attached hydrogen (secondary N) is 3. The van der Waals surface area contributed by atoms with Crippen LogP contribution < -0.4 is 16.2 Å². The molecule has 0 spiro atoms. The zero-order valence-corrected chi connectivity index (χ0v) is 21.3. The van der Waals surface area contributed by atoms with E-state index in [-0.39, 0.29) is 24.9 Å². The summed E-state index contributed by atoms with van der Waals surface area (Å²) in [6.45, 7) is 2.31. The SMILES string of the molecule is CC(C)OC(=O)OCCOC(=O)CNC(=O)c1ncc(C(=O)NC(c2ccccc2)c2ccccc2)c(=O)[nH]1. The van der Waals surface area contributed by atoms with E-state index in [1.165, 1.54) is 0 Å². The quantitative estimate of drug-likeness (QED) is 0.246. The van der Waals surface area contributed by atoms with Gasteiger partial charge in [0.25, 0.3) is 17.4 Å². The van der Waals surface area contributed by atoms with Crippen molar-refractivity contribution in [3.8, 4) is 0 Å². The van der Waals surface area contributed by atoms with E-state index < -0.39 is 47.9 Å². The van der Waals surface area contributed by atoms with Crippen molar-refractivity contribution >= 4 is 23.9 Å². The number of carbonyl (C=O) groups is 4. The third-order valence-corrected chi connectivity index (χ3v) is 5.09. The Morgan fingerprint density at radius 1 is 0.872 bits per heavy atom. The lowest BCUT2D eigenvalue weighted by Gasteiger charge is -2.19. The summed E-state index contributed by atoms with van der Waals surface area (Å²) in [7, 11) is 0. The van der Waals surface area contributed by atoms with Crippen LogP contribution in [0.4, 0.5) is 4.79 Å². The minimum absolute atomic E-state index is 0.223. The Labute approximate surface area is 223 Å². The average Bonchev–Trinajstić information content (AvgIpc) is 2.93. The third-order valence-electron chi connectivity index (χ3n) is 5.09. The fourth-order valence-electron chi connectivity index (χ4n) is 3.33. The lowest BCUT2D eigenvalue weighted by molar-refractivity contribution is -0.143. The van der Waals surface area contributed by atoms with Crippen LogP contribution in [0.2, 0.25) is 0 Å². The van der Waals surface area contributed by atoms with Gasteiger partial charge in [-0.1, -0.05) is 60.7 Å². The van der Waals surface area contributed by atoms with Gasteiger partial charge in [0.15, 0.2) is 5.82 Å². The molecule has 0 atom stereocenters. The van der Waals surface area contributed by atoms with Gasteiger partial charge < -0.3 is 29.8 Å². The minimum Gasteiger partial charge on any atom is -0.461 e. The smallest absolute Gasteiger partial charge is 0.461 e. The fourth-order valence-corrected chi connectivity index (χ4v) is 3.33. The molecule has 12 nitrogen and oxygen atoms in total. The molecule has 204 valence electrons. The molecule has 12 heteroatoms. The highest BCUT2D eigenvalue weighted by molar-refractivity contribution is 5.95. The first-order valence-corrected chi connectivity index (χ1v) is 12.0. The molecule has 1 heterocycles. The monoisotopic (exact) mass is 536 g/mol. The topological polar surface area (TPSA) is 166 Å². The van der Waals surface area contributed by atoms with Crippen LogP contribution >= 0.6 is 0 Å². The highest BCUT2D eigenvalue weighted by Gasteiger charge is 2.21. The van der Waals surface area contributed by atoms with Crippen LogP contribution in [-0.4, -0.2) is 59.8 Å². The Hall–Kier alpha value is -5.00. The number of rotatable bonds is 11. The Balaban J connectivity index is 1.55. The van der Waals surface area contributed by atoms with Crippen LogP contribution in [0.1, 0.15) is 52.0 Å². The van der Waals surface area contributed by atoms with Gasteiger partial charge in [-0.2, -0.15) is 0 Å². The van der Waals surface area contributed by atoms with Crippen molar-refractivity contribution in [2.75, 3.05) is 19.8 Å². The van der Waals surface area contributed by atoms with Crippen molar-refractivity contribution in [1.29, 1.82) is 0 Å². The number of hydrogen-bond acceptors (Lipinski definition) is 9. The number of benzene rings is 2. The molecule has 3 rings (SSSR count). The van der Waals surface area contributed by atoms with Crippen LogP contribution in [-0.2, 0) is 19.0 Å². The Morgan fingerprint density at radius 3 is 2.03 bits per heavy atom. The van der Waals surface area contributed by atoms with Crippen molar-refractivity contribution in [2.24, 2.45) is 0 Å². The second-order valence-electron chi connectivity index (χ2n) is 8.37.